The smallest absolute Gasteiger partial charge is 0.175 e. The van der Waals surface area contributed by atoms with Crippen LogP contribution in [0.5, 0.6) is 11.5 Å². The molecule has 1 heterocycles. The lowest BCUT2D eigenvalue weighted by Crippen LogP contribution is -2.28. The summed E-state index contributed by atoms with van der Waals surface area (Å²) in [5.74, 6) is 1.88. The maximum Gasteiger partial charge on any atom is 0.175 e. The number of ether oxygens (including phenoxy) is 2. The van der Waals surface area contributed by atoms with Crippen molar-refractivity contribution in [3.05, 3.63) is 130 Å². The summed E-state index contributed by atoms with van der Waals surface area (Å²) in [5, 5.41) is 3.78. The fourth-order valence-corrected chi connectivity index (χ4v) is 6.06. The summed E-state index contributed by atoms with van der Waals surface area (Å²) < 4.78 is 25.5. The third-order valence-corrected chi connectivity index (χ3v) is 8.02. The van der Waals surface area contributed by atoms with Gasteiger partial charge >= 0.3 is 0 Å². The molecule has 6 heteroatoms. The maximum atomic E-state index is 13.2. The Kier molecular flexibility index (Phi) is 7.20. The van der Waals surface area contributed by atoms with Crippen LogP contribution in [0.3, 0.4) is 0 Å². The molecule has 0 unspecified atom stereocenters. The minimum absolute atomic E-state index is 0.264. The number of hydrogen-bond donors (Lipinski definition) is 1. The van der Waals surface area contributed by atoms with Crippen LogP contribution in [0.4, 0.5) is 15.8 Å². The molecule has 0 amide bonds. The number of hydrogen-bond acceptors (Lipinski definition) is 4. The molecule has 0 spiro atoms. The SMILES string of the molecule is COc1cc(C=Nc2ccc([C@@H]3Nc4ccccc4[C@@H]4C=CC[C@H]43)cc2)cc(Br)c1OCc1ccc(F)cc1. The first-order valence-corrected chi connectivity index (χ1v) is 13.8. The number of methoxy groups -OCH3 is 1. The molecule has 1 aliphatic carbocycles. The van der Waals surface area contributed by atoms with E-state index in [4.69, 9.17) is 14.5 Å². The molecule has 4 aromatic carbocycles. The van der Waals surface area contributed by atoms with E-state index in [0.717, 1.165) is 27.7 Å². The van der Waals surface area contributed by atoms with Crippen molar-refractivity contribution in [1.29, 1.82) is 0 Å². The van der Waals surface area contributed by atoms with Gasteiger partial charge in [0.15, 0.2) is 11.5 Å². The van der Waals surface area contributed by atoms with Crippen LogP contribution in [0.15, 0.2) is 107 Å². The van der Waals surface area contributed by atoms with Crippen LogP contribution in [-0.4, -0.2) is 13.3 Å². The van der Waals surface area contributed by atoms with Crippen LogP contribution in [0.1, 0.15) is 40.6 Å². The van der Waals surface area contributed by atoms with E-state index in [1.54, 1.807) is 19.2 Å². The van der Waals surface area contributed by atoms with Gasteiger partial charge in [0.1, 0.15) is 12.4 Å². The van der Waals surface area contributed by atoms with Gasteiger partial charge in [-0.15, -0.1) is 0 Å². The second-order valence-electron chi connectivity index (χ2n) is 9.86. The molecule has 0 radical (unpaired) electrons. The normalized spacial score (nSPS) is 19.4. The molecule has 0 saturated carbocycles. The highest BCUT2D eigenvalue weighted by molar-refractivity contribution is 9.10. The van der Waals surface area contributed by atoms with Crippen molar-refractivity contribution in [1.82, 2.24) is 0 Å². The zero-order valence-electron chi connectivity index (χ0n) is 21.5. The Bertz CT molecular complexity index is 1530. The van der Waals surface area contributed by atoms with Crippen molar-refractivity contribution in [2.24, 2.45) is 10.9 Å². The molecule has 0 bridgehead atoms. The molecule has 1 N–H and O–H groups in total. The van der Waals surface area contributed by atoms with E-state index in [2.05, 4.69) is 81.9 Å². The third kappa shape index (κ3) is 5.34. The number of fused-ring (bicyclic) bond motifs is 3. The van der Waals surface area contributed by atoms with Crippen LogP contribution < -0.4 is 14.8 Å². The summed E-state index contributed by atoms with van der Waals surface area (Å²) in [4.78, 5) is 4.70. The average Bonchev–Trinajstić information content (AvgIpc) is 3.46. The van der Waals surface area contributed by atoms with Gasteiger partial charge in [-0.05, 0) is 93.0 Å². The fraction of sp³-hybridized carbons (Fsp3) is 0.182. The van der Waals surface area contributed by atoms with Crippen LogP contribution in [-0.2, 0) is 6.61 Å². The predicted molar refractivity (Wildman–Crippen MR) is 158 cm³/mol. The lowest BCUT2D eigenvalue weighted by Gasteiger charge is -2.37. The fourth-order valence-electron chi connectivity index (χ4n) is 5.48. The van der Waals surface area contributed by atoms with E-state index in [1.807, 2.05) is 18.3 Å². The largest absolute Gasteiger partial charge is 0.493 e. The molecular weight excluding hydrogens is 555 g/mol. The third-order valence-electron chi connectivity index (χ3n) is 7.44. The number of rotatable bonds is 7. The number of anilines is 1. The second kappa shape index (κ2) is 11.1. The number of nitrogens with one attached hydrogen (secondary N) is 1. The summed E-state index contributed by atoms with van der Waals surface area (Å²) in [6.45, 7) is 0.300. The van der Waals surface area contributed by atoms with E-state index >= 15 is 0 Å². The number of nitrogens with zero attached hydrogens (tertiary/aromatic N) is 1. The molecule has 4 aromatic rings. The van der Waals surface area contributed by atoms with Crippen molar-refractivity contribution in [2.75, 3.05) is 12.4 Å². The Hall–Kier alpha value is -3.90. The van der Waals surface area contributed by atoms with Crippen molar-refractivity contribution in [2.45, 2.75) is 25.0 Å². The topological polar surface area (TPSA) is 42.8 Å². The van der Waals surface area contributed by atoms with Gasteiger partial charge in [0.05, 0.1) is 23.3 Å². The van der Waals surface area contributed by atoms with Crippen LogP contribution in [0.2, 0.25) is 0 Å². The number of allylic oxidation sites excluding steroid dienone is 2. The summed E-state index contributed by atoms with van der Waals surface area (Å²) in [7, 11) is 1.61. The van der Waals surface area contributed by atoms with Crippen molar-refractivity contribution >= 4 is 33.5 Å². The number of benzene rings is 4. The molecule has 1 aliphatic heterocycles. The summed E-state index contributed by atoms with van der Waals surface area (Å²) >= 11 is 3.60. The van der Waals surface area contributed by atoms with E-state index in [-0.39, 0.29) is 11.9 Å². The van der Waals surface area contributed by atoms with E-state index in [9.17, 15) is 4.39 Å². The Morgan fingerprint density at radius 2 is 1.82 bits per heavy atom. The van der Waals surface area contributed by atoms with E-state index < -0.39 is 0 Å². The van der Waals surface area contributed by atoms with Gasteiger partial charge in [0.25, 0.3) is 0 Å². The molecule has 0 aromatic heterocycles. The van der Waals surface area contributed by atoms with Crippen LogP contribution >= 0.6 is 15.9 Å². The maximum absolute atomic E-state index is 13.2. The molecule has 0 saturated heterocycles. The number of halogens is 2. The Morgan fingerprint density at radius 1 is 1.03 bits per heavy atom. The molecule has 39 heavy (non-hydrogen) atoms. The Morgan fingerprint density at radius 3 is 2.62 bits per heavy atom. The lowest BCUT2D eigenvalue weighted by molar-refractivity contribution is 0.282. The molecule has 4 nitrogen and oxygen atoms in total. The van der Waals surface area contributed by atoms with E-state index in [0.29, 0.717) is 29.9 Å². The van der Waals surface area contributed by atoms with Gasteiger partial charge < -0.3 is 14.8 Å². The van der Waals surface area contributed by atoms with Crippen molar-refractivity contribution in [3.8, 4) is 11.5 Å². The molecule has 6 rings (SSSR count). The standard InChI is InChI=1S/C33H28BrFN2O2/c1-38-31-18-22(17-29(34)33(31)39-20-21-9-13-24(35)14-10-21)19-36-25-15-11-23(12-16-25)32-28-7-4-6-26(28)27-5-2-3-8-30(27)37-32/h2-6,8-19,26,28,32,37H,7,20H2,1H3/t26-,28+,32-/m0/s1. The molecule has 196 valence electrons. The summed E-state index contributed by atoms with van der Waals surface area (Å²) in [6.07, 6.45) is 7.58. The van der Waals surface area contributed by atoms with Crippen molar-refractivity contribution < 1.29 is 13.9 Å². The quantitative estimate of drug-likeness (QED) is 0.175. The molecule has 2 aliphatic rings. The highest BCUT2D eigenvalue weighted by Gasteiger charge is 2.37. The average molecular weight is 584 g/mol. The van der Waals surface area contributed by atoms with Crippen LogP contribution in [0.25, 0.3) is 0 Å². The molecule has 3 atom stereocenters. The van der Waals surface area contributed by atoms with Gasteiger partial charge in [-0.3, -0.25) is 4.99 Å². The van der Waals surface area contributed by atoms with Crippen LogP contribution in [0, 0.1) is 11.7 Å². The zero-order valence-corrected chi connectivity index (χ0v) is 23.1. The Labute approximate surface area is 236 Å². The summed E-state index contributed by atoms with van der Waals surface area (Å²) in [6, 6.07) is 27.5. The van der Waals surface area contributed by atoms with Crippen molar-refractivity contribution in [3.63, 3.8) is 0 Å². The van der Waals surface area contributed by atoms with Gasteiger partial charge in [-0.25, -0.2) is 4.39 Å². The summed E-state index contributed by atoms with van der Waals surface area (Å²) in [5.41, 5.74) is 6.51. The second-order valence-corrected chi connectivity index (χ2v) is 10.7. The first-order valence-electron chi connectivity index (χ1n) is 13.0. The van der Waals surface area contributed by atoms with Gasteiger partial charge in [0, 0.05) is 17.8 Å². The highest BCUT2D eigenvalue weighted by Crippen LogP contribution is 2.49. The molecule has 0 fully saturated rings. The first-order chi connectivity index (χ1) is 19.1. The number of para-hydroxylation sites is 1. The minimum atomic E-state index is -0.271. The minimum Gasteiger partial charge on any atom is -0.493 e. The molecular formula is C33H28BrFN2O2. The zero-order chi connectivity index (χ0) is 26.8. The monoisotopic (exact) mass is 582 g/mol. The Balaban J connectivity index is 1.16. The van der Waals surface area contributed by atoms with Gasteiger partial charge in [-0.1, -0.05) is 54.6 Å². The first kappa shape index (κ1) is 25.4. The lowest BCUT2D eigenvalue weighted by atomic mass is 9.77. The van der Waals surface area contributed by atoms with Gasteiger partial charge in [0.2, 0.25) is 0 Å². The predicted octanol–water partition coefficient (Wildman–Crippen LogP) is 8.75. The van der Waals surface area contributed by atoms with E-state index in [1.165, 1.54) is 28.9 Å². The number of aliphatic imine (C=N–C) groups is 1. The highest BCUT2D eigenvalue weighted by atomic mass is 79.9. The van der Waals surface area contributed by atoms with Gasteiger partial charge in [-0.2, -0.15) is 0 Å².